The summed E-state index contributed by atoms with van der Waals surface area (Å²) < 4.78 is 26.9. The SMILES string of the molecule is Cc1ccc(S(=O)(=O)NCc2ccc(C#CCN)s2)cc1. The summed E-state index contributed by atoms with van der Waals surface area (Å²) in [6, 6.07) is 10.5. The van der Waals surface area contributed by atoms with Gasteiger partial charge in [0.1, 0.15) is 0 Å². The molecular weight excluding hydrogens is 304 g/mol. The van der Waals surface area contributed by atoms with Gasteiger partial charge in [-0.05, 0) is 31.2 Å². The minimum atomic E-state index is -3.48. The summed E-state index contributed by atoms with van der Waals surface area (Å²) in [5.74, 6) is 5.70. The van der Waals surface area contributed by atoms with Crippen LogP contribution in [-0.4, -0.2) is 15.0 Å². The zero-order valence-electron chi connectivity index (χ0n) is 11.6. The Kier molecular flexibility index (Phi) is 5.15. The molecule has 0 spiro atoms. The topological polar surface area (TPSA) is 72.2 Å². The van der Waals surface area contributed by atoms with Crippen LogP contribution in [0, 0.1) is 18.8 Å². The summed E-state index contributed by atoms with van der Waals surface area (Å²) in [5.41, 5.74) is 6.34. The highest BCUT2D eigenvalue weighted by atomic mass is 32.2. The largest absolute Gasteiger partial charge is 0.320 e. The monoisotopic (exact) mass is 320 g/mol. The molecule has 0 atom stereocenters. The quantitative estimate of drug-likeness (QED) is 0.845. The van der Waals surface area contributed by atoms with E-state index in [1.54, 1.807) is 24.3 Å². The van der Waals surface area contributed by atoms with Crippen LogP contribution in [-0.2, 0) is 16.6 Å². The molecule has 21 heavy (non-hydrogen) atoms. The summed E-state index contributed by atoms with van der Waals surface area (Å²) in [6.07, 6.45) is 0. The fourth-order valence-electron chi connectivity index (χ4n) is 1.65. The maximum Gasteiger partial charge on any atom is 0.240 e. The number of hydrogen-bond acceptors (Lipinski definition) is 4. The maximum atomic E-state index is 12.1. The van der Waals surface area contributed by atoms with Crippen molar-refractivity contribution in [3.05, 3.63) is 51.7 Å². The molecule has 1 aromatic heterocycles. The molecule has 0 fully saturated rings. The molecule has 6 heteroatoms. The first-order valence-electron chi connectivity index (χ1n) is 6.35. The third kappa shape index (κ3) is 4.41. The maximum absolute atomic E-state index is 12.1. The van der Waals surface area contributed by atoms with Crippen molar-refractivity contribution in [1.29, 1.82) is 0 Å². The van der Waals surface area contributed by atoms with Crippen LogP contribution < -0.4 is 10.5 Å². The van der Waals surface area contributed by atoms with Crippen molar-refractivity contribution in [2.45, 2.75) is 18.4 Å². The minimum Gasteiger partial charge on any atom is -0.320 e. The summed E-state index contributed by atoms with van der Waals surface area (Å²) in [6.45, 7) is 2.48. The number of nitrogens with two attached hydrogens (primary N) is 1. The van der Waals surface area contributed by atoms with E-state index in [1.165, 1.54) is 11.3 Å². The van der Waals surface area contributed by atoms with Gasteiger partial charge in [0.25, 0.3) is 0 Å². The molecule has 1 aromatic carbocycles. The lowest BCUT2D eigenvalue weighted by atomic mass is 10.2. The smallest absolute Gasteiger partial charge is 0.240 e. The number of benzene rings is 1. The van der Waals surface area contributed by atoms with Gasteiger partial charge in [-0.2, -0.15) is 0 Å². The molecule has 0 saturated heterocycles. The molecule has 2 aromatic rings. The van der Waals surface area contributed by atoms with E-state index in [1.807, 2.05) is 19.1 Å². The molecule has 110 valence electrons. The van der Waals surface area contributed by atoms with E-state index in [9.17, 15) is 8.42 Å². The molecule has 2 rings (SSSR count). The third-order valence-electron chi connectivity index (χ3n) is 2.74. The van der Waals surface area contributed by atoms with Gasteiger partial charge in [0, 0.05) is 11.4 Å². The zero-order valence-corrected chi connectivity index (χ0v) is 13.2. The molecule has 0 unspecified atom stereocenters. The summed E-state index contributed by atoms with van der Waals surface area (Å²) in [5, 5.41) is 0. The van der Waals surface area contributed by atoms with Crippen molar-refractivity contribution < 1.29 is 8.42 Å². The normalized spacial score (nSPS) is 11.0. The molecular formula is C15H16N2O2S2. The molecule has 0 aliphatic carbocycles. The lowest BCUT2D eigenvalue weighted by Crippen LogP contribution is -2.22. The Labute approximate surface area is 129 Å². The van der Waals surface area contributed by atoms with Crippen LogP contribution >= 0.6 is 11.3 Å². The summed E-state index contributed by atoms with van der Waals surface area (Å²) in [4.78, 5) is 2.06. The number of nitrogens with one attached hydrogen (secondary N) is 1. The Balaban J connectivity index is 2.05. The molecule has 0 radical (unpaired) electrons. The van der Waals surface area contributed by atoms with Crippen LogP contribution in [0.1, 0.15) is 15.3 Å². The van der Waals surface area contributed by atoms with E-state index in [-0.39, 0.29) is 11.4 Å². The molecule has 3 N–H and O–H groups in total. The Hall–Kier alpha value is -1.65. The summed E-state index contributed by atoms with van der Waals surface area (Å²) in [7, 11) is -3.48. The van der Waals surface area contributed by atoms with Crippen molar-refractivity contribution in [3.8, 4) is 11.8 Å². The van der Waals surface area contributed by atoms with Gasteiger partial charge in [0.2, 0.25) is 10.0 Å². The first-order valence-corrected chi connectivity index (χ1v) is 8.65. The molecule has 0 aliphatic heterocycles. The number of sulfonamides is 1. The van der Waals surface area contributed by atoms with Crippen LogP contribution in [0.25, 0.3) is 0 Å². The van der Waals surface area contributed by atoms with Crippen molar-refractivity contribution in [1.82, 2.24) is 4.72 Å². The van der Waals surface area contributed by atoms with Crippen molar-refractivity contribution in [2.24, 2.45) is 5.73 Å². The van der Waals surface area contributed by atoms with Crippen LogP contribution in [0.3, 0.4) is 0 Å². The predicted octanol–water partition coefficient (Wildman–Crippen LogP) is 1.85. The number of rotatable bonds is 4. The van der Waals surface area contributed by atoms with E-state index in [2.05, 4.69) is 16.6 Å². The van der Waals surface area contributed by atoms with E-state index >= 15 is 0 Å². The predicted molar refractivity (Wildman–Crippen MR) is 85.5 cm³/mol. The Morgan fingerprint density at radius 3 is 2.57 bits per heavy atom. The summed E-state index contributed by atoms with van der Waals surface area (Å²) >= 11 is 1.46. The van der Waals surface area contributed by atoms with Crippen molar-refractivity contribution in [2.75, 3.05) is 6.54 Å². The van der Waals surface area contributed by atoms with E-state index in [4.69, 9.17) is 5.73 Å². The van der Waals surface area contributed by atoms with Gasteiger partial charge in [-0.25, -0.2) is 13.1 Å². The van der Waals surface area contributed by atoms with Gasteiger partial charge in [-0.3, -0.25) is 0 Å². The van der Waals surface area contributed by atoms with Gasteiger partial charge in [-0.1, -0.05) is 29.5 Å². The highest BCUT2D eigenvalue weighted by Crippen LogP contribution is 2.16. The minimum absolute atomic E-state index is 0.255. The molecule has 0 saturated carbocycles. The van der Waals surface area contributed by atoms with Crippen LogP contribution in [0.4, 0.5) is 0 Å². The van der Waals surface area contributed by atoms with E-state index in [0.29, 0.717) is 6.54 Å². The fraction of sp³-hybridized carbons (Fsp3) is 0.200. The van der Waals surface area contributed by atoms with Gasteiger partial charge in [0.15, 0.2) is 0 Å². The number of aryl methyl sites for hydroxylation is 1. The highest BCUT2D eigenvalue weighted by Gasteiger charge is 2.13. The van der Waals surface area contributed by atoms with Crippen LogP contribution in [0.5, 0.6) is 0 Å². The van der Waals surface area contributed by atoms with Gasteiger partial charge in [0.05, 0.1) is 16.3 Å². The van der Waals surface area contributed by atoms with Gasteiger partial charge >= 0.3 is 0 Å². The second-order valence-corrected chi connectivity index (χ2v) is 7.34. The first-order chi connectivity index (χ1) is 10.0. The molecule has 4 nitrogen and oxygen atoms in total. The van der Waals surface area contributed by atoms with Crippen LogP contribution in [0.2, 0.25) is 0 Å². The average molecular weight is 320 g/mol. The molecule has 0 amide bonds. The standard InChI is InChI=1S/C15H16N2O2S2/c1-12-4-8-15(9-5-12)21(18,19)17-11-14-7-6-13(20-14)3-2-10-16/h4-9,17H,10-11,16H2,1H3. The van der Waals surface area contributed by atoms with Gasteiger partial charge < -0.3 is 5.73 Å². The second kappa shape index (κ2) is 6.87. The first kappa shape index (κ1) is 15.7. The van der Waals surface area contributed by atoms with Gasteiger partial charge in [-0.15, -0.1) is 11.3 Å². The van der Waals surface area contributed by atoms with Crippen molar-refractivity contribution in [3.63, 3.8) is 0 Å². The van der Waals surface area contributed by atoms with Crippen LogP contribution in [0.15, 0.2) is 41.3 Å². The highest BCUT2D eigenvalue weighted by molar-refractivity contribution is 7.89. The number of hydrogen-bond donors (Lipinski definition) is 2. The van der Waals surface area contributed by atoms with E-state index < -0.39 is 10.0 Å². The molecule has 1 heterocycles. The van der Waals surface area contributed by atoms with Crippen molar-refractivity contribution >= 4 is 21.4 Å². The third-order valence-corrected chi connectivity index (χ3v) is 5.16. The molecule has 0 aliphatic rings. The molecule has 0 bridgehead atoms. The van der Waals surface area contributed by atoms with E-state index in [0.717, 1.165) is 15.3 Å². The average Bonchev–Trinajstić information content (AvgIpc) is 2.91. The lowest BCUT2D eigenvalue weighted by molar-refractivity contribution is 0.582. The fourth-order valence-corrected chi connectivity index (χ4v) is 3.57. The Morgan fingerprint density at radius 2 is 1.90 bits per heavy atom. The second-order valence-electron chi connectivity index (χ2n) is 4.41. The lowest BCUT2D eigenvalue weighted by Gasteiger charge is -2.05. The zero-order chi connectivity index (χ0) is 15.3. The Bertz CT molecular complexity index is 766. The number of thiophene rings is 1. The Morgan fingerprint density at radius 1 is 1.19 bits per heavy atom.